The Morgan fingerprint density at radius 2 is 2.15 bits per heavy atom. The zero-order chi connectivity index (χ0) is 13.5. The summed E-state index contributed by atoms with van der Waals surface area (Å²) in [5.41, 5.74) is 4.00. The summed E-state index contributed by atoms with van der Waals surface area (Å²) >= 11 is 0. The normalized spacial score (nSPS) is 11.4. The molecule has 0 aliphatic rings. The Labute approximate surface area is 113 Å². The Morgan fingerprint density at radius 3 is 3.05 bits per heavy atom. The highest BCUT2D eigenvalue weighted by Crippen LogP contribution is 2.26. The molecule has 0 atom stereocenters. The molecule has 2 N–H and O–H groups in total. The van der Waals surface area contributed by atoms with Crippen molar-refractivity contribution in [2.45, 2.75) is 6.61 Å². The first-order valence-corrected chi connectivity index (χ1v) is 6.24. The summed E-state index contributed by atoms with van der Waals surface area (Å²) in [4.78, 5) is 11.6. The van der Waals surface area contributed by atoms with Gasteiger partial charge in [0, 0.05) is 23.3 Å². The first-order valence-electron chi connectivity index (χ1n) is 6.24. The number of rotatable bonds is 2. The van der Waals surface area contributed by atoms with Crippen LogP contribution in [0.2, 0.25) is 0 Å². The molecule has 0 saturated heterocycles. The Kier molecular flexibility index (Phi) is 2.30. The first kappa shape index (κ1) is 11.1. The summed E-state index contributed by atoms with van der Waals surface area (Å²) in [6.45, 7) is -0.0902. The van der Waals surface area contributed by atoms with E-state index in [1.54, 1.807) is 16.9 Å². The van der Waals surface area contributed by atoms with Crippen molar-refractivity contribution in [3.05, 3.63) is 48.5 Å². The lowest BCUT2D eigenvalue weighted by atomic mass is 10.1. The van der Waals surface area contributed by atoms with Crippen molar-refractivity contribution in [2.24, 2.45) is 0 Å². The molecule has 0 spiro atoms. The van der Waals surface area contributed by atoms with Crippen molar-refractivity contribution in [3.8, 4) is 11.3 Å². The van der Waals surface area contributed by atoms with Gasteiger partial charge in [-0.05, 0) is 24.3 Å². The molecule has 0 aromatic carbocycles. The van der Waals surface area contributed by atoms with E-state index in [-0.39, 0.29) is 6.61 Å². The maximum atomic E-state index is 9.30. The fourth-order valence-corrected chi connectivity index (χ4v) is 2.34. The van der Waals surface area contributed by atoms with Gasteiger partial charge in [-0.15, -0.1) is 0 Å². The highest BCUT2D eigenvalue weighted by Gasteiger charge is 2.10. The van der Waals surface area contributed by atoms with Gasteiger partial charge >= 0.3 is 0 Å². The van der Waals surface area contributed by atoms with E-state index in [0.717, 1.165) is 27.9 Å². The molecule has 0 amide bonds. The number of nitrogens with zero attached hydrogens (tertiary/aromatic N) is 4. The Balaban J connectivity index is 1.97. The predicted octanol–water partition coefficient (Wildman–Crippen LogP) is 1.76. The highest BCUT2D eigenvalue weighted by molar-refractivity contribution is 5.92. The molecule has 0 saturated carbocycles. The van der Waals surface area contributed by atoms with Gasteiger partial charge in [-0.3, -0.25) is 0 Å². The largest absolute Gasteiger partial charge is 0.390 e. The quantitative estimate of drug-likeness (QED) is 0.579. The van der Waals surface area contributed by atoms with E-state index in [0.29, 0.717) is 5.69 Å². The van der Waals surface area contributed by atoms with Crippen LogP contribution in [0.25, 0.3) is 27.9 Å². The lowest BCUT2D eigenvalue weighted by Crippen LogP contribution is -1.98. The van der Waals surface area contributed by atoms with Crippen LogP contribution in [0, 0.1) is 0 Å². The van der Waals surface area contributed by atoms with Gasteiger partial charge < -0.3 is 10.1 Å². The molecule has 6 nitrogen and oxygen atoms in total. The SMILES string of the molecule is OCc1cnc2ccc(-c3c[nH]c4ncccc34)nn12. The van der Waals surface area contributed by atoms with Crippen LogP contribution in [0.3, 0.4) is 0 Å². The first-order chi connectivity index (χ1) is 9.86. The van der Waals surface area contributed by atoms with E-state index < -0.39 is 0 Å². The number of aliphatic hydroxyl groups excluding tert-OH is 1. The van der Waals surface area contributed by atoms with Crippen molar-refractivity contribution >= 4 is 16.7 Å². The number of hydrogen-bond acceptors (Lipinski definition) is 4. The predicted molar refractivity (Wildman–Crippen MR) is 74.0 cm³/mol. The average molecular weight is 265 g/mol. The highest BCUT2D eigenvalue weighted by atomic mass is 16.3. The van der Waals surface area contributed by atoms with Crippen LogP contribution in [0.1, 0.15) is 5.69 Å². The van der Waals surface area contributed by atoms with Gasteiger partial charge in [-0.25, -0.2) is 14.5 Å². The minimum absolute atomic E-state index is 0.0902. The zero-order valence-electron chi connectivity index (χ0n) is 10.5. The summed E-state index contributed by atoms with van der Waals surface area (Å²) in [6, 6.07) is 7.70. The second-order valence-electron chi connectivity index (χ2n) is 4.50. The van der Waals surface area contributed by atoms with Gasteiger partial charge in [-0.1, -0.05) is 0 Å². The van der Waals surface area contributed by atoms with Gasteiger partial charge in [0.2, 0.25) is 0 Å². The van der Waals surface area contributed by atoms with E-state index in [2.05, 4.69) is 20.1 Å². The van der Waals surface area contributed by atoms with Gasteiger partial charge in [0.1, 0.15) is 5.65 Å². The van der Waals surface area contributed by atoms with Crippen molar-refractivity contribution in [3.63, 3.8) is 0 Å². The van der Waals surface area contributed by atoms with Crippen molar-refractivity contribution in [2.75, 3.05) is 0 Å². The van der Waals surface area contributed by atoms with Crippen LogP contribution in [-0.2, 0) is 6.61 Å². The molecule has 0 bridgehead atoms. The lowest BCUT2D eigenvalue weighted by Gasteiger charge is -2.02. The molecule has 98 valence electrons. The number of H-pyrrole nitrogens is 1. The number of aliphatic hydroxyl groups is 1. The lowest BCUT2D eigenvalue weighted by molar-refractivity contribution is 0.274. The molecule has 0 aliphatic carbocycles. The van der Waals surface area contributed by atoms with Gasteiger partial charge in [-0.2, -0.15) is 5.10 Å². The summed E-state index contributed by atoms with van der Waals surface area (Å²) in [6.07, 6.45) is 5.27. The van der Waals surface area contributed by atoms with E-state index in [1.807, 2.05) is 30.5 Å². The maximum absolute atomic E-state index is 9.30. The standard InChI is InChI=1S/C14H11N5O/c20-8-9-6-16-13-4-3-12(18-19(9)13)11-7-17-14-10(11)2-1-5-15-14/h1-7,20H,8H2,(H,15,17). The second kappa shape index (κ2) is 4.14. The van der Waals surface area contributed by atoms with Gasteiger partial charge in [0.15, 0.2) is 5.65 Å². The monoisotopic (exact) mass is 265 g/mol. The van der Waals surface area contributed by atoms with Gasteiger partial charge in [0.05, 0.1) is 24.2 Å². The molecule has 4 rings (SSSR count). The fraction of sp³-hybridized carbons (Fsp3) is 0.0714. The van der Waals surface area contributed by atoms with Crippen LogP contribution >= 0.6 is 0 Å². The van der Waals surface area contributed by atoms with Crippen molar-refractivity contribution in [1.82, 2.24) is 24.6 Å². The fourth-order valence-electron chi connectivity index (χ4n) is 2.34. The molecule has 4 aromatic rings. The Bertz CT molecular complexity index is 908. The third-order valence-electron chi connectivity index (χ3n) is 3.32. The van der Waals surface area contributed by atoms with E-state index in [9.17, 15) is 5.11 Å². The second-order valence-corrected chi connectivity index (χ2v) is 4.50. The van der Waals surface area contributed by atoms with E-state index in [4.69, 9.17) is 0 Å². The molecule has 0 radical (unpaired) electrons. The zero-order valence-corrected chi connectivity index (χ0v) is 10.5. The summed E-state index contributed by atoms with van der Waals surface area (Å²) in [5.74, 6) is 0. The van der Waals surface area contributed by atoms with Crippen molar-refractivity contribution < 1.29 is 5.11 Å². The number of imidazole rings is 1. The molecule has 0 aliphatic heterocycles. The van der Waals surface area contributed by atoms with Crippen LogP contribution in [-0.4, -0.2) is 29.7 Å². The number of nitrogens with one attached hydrogen (secondary N) is 1. The number of aromatic nitrogens is 5. The third kappa shape index (κ3) is 1.52. The molecule has 0 fully saturated rings. The number of fused-ring (bicyclic) bond motifs is 2. The Hall–Kier alpha value is -2.73. The molecule has 4 heterocycles. The summed E-state index contributed by atoms with van der Waals surface area (Å²) in [7, 11) is 0. The minimum atomic E-state index is -0.0902. The smallest absolute Gasteiger partial charge is 0.153 e. The summed E-state index contributed by atoms with van der Waals surface area (Å²) < 4.78 is 1.66. The number of aromatic amines is 1. The molecule has 0 unspecified atom stereocenters. The topological polar surface area (TPSA) is 79.1 Å². The molecule has 20 heavy (non-hydrogen) atoms. The summed E-state index contributed by atoms with van der Waals surface area (Å²) in [5, 5.41) is 14.9. The van der Waals surface area contributed by atoms with E-state index in [1.165, 1.54) is 0 Å². The average Bonchev–Trinajstić information content (AvgIpc) is 3.10. The van der Waals surface area contributed by atoms with Crippen LogP contribution in [0.15, 0.2) is 42.9 Å². The van der Waals surface area contributed by atoms with Crippen LogP contribution < -0.4 is 0 Å². The molecular weight excluding hydrogens is 254 g/mol. The number of hydrogen-bond donors (Lipinski definition) is 2. The molecular formula is C14H11N5O. The minimum Gasteiger partial charge on any atom is -0.390 e. The van der Waals surface area contributed by atoms with Crippen LogP contribution in [0.5, 0.6) is 0 Å². The third-order valence-corrected chi connectivity index (χ3v) is 3.32. The van der Waals surface area contributed by atoms with Crippen LogP contribution in [0.4, 0.5) is 0 Å². The molecule has 6 heteroatoms. The Morgan fingerprint density at radius 1 is 1.20 bits per heavy atom. The maximum Gasteiger partial charge on any atom is 0.153 e. The van der Waals surface area contributed by atoms with Gasteiger partial charge in [0.25, 0.3) is 0 Å². The van der Waals surface area contributed by atoms with Crippen molar-refractivity contribution in [1.29, 1.82) is 0 Å². The number of pyridine rings is 1. The molecule has 4 aromatic heterocycles. The van der Waals surface area contributed by atoms with E-state index >= 15 is 0 Å².